The lowest BCUT2D eigenvalue weighted by Gasteiger charge is -2.07. The summed E-state index contributed by atoms with van der Waals surface area (Å²) < 4.78 is 10.6. The van der Waals surface area contributed by atoms with Crippen molar-refractivity contribution >= 4 is 22.6 Å². The van der Waals surface area contributed by atoms with Gasteiger partial charge in [-0.3, -0.25) is 0 Å². The number of carbonyl (C=O) groups is 1. The molecule has 7 heteroatoms. The van der Waals surface area contributed by atoms with Gasteiger partial charge in [0.2, 0.25) is 0 Å². The molecule has 0 saturated carbocycles. The molecule has 2 aromatic carbocycles. The third-order valence-corrected chi connectivity index (χ3v) is 3.93. The molecule has 0 unspecified atom stereocenters. The maximum atomic E-state index is 12.2. The number of aromatic nitrogens is 2. The summed E-state index contributed by atoms with van der Waals surface area (Å²) in [7, 11) is 0. The van der Waals surface area contributed by atoms with E-state index < -0.39 is 12.6 Å². The van der Waals surface area contributed by atoms with Crippen LogP contribution in [0.2, 0.25) is 0 Å². The standard InChI is InChI=1S/C21H19N3O4/c1-2-11-27-15-9-7-14(8-10-15)21(26)28-13-19(25)16(12-22)20-23-17-5-3-4-6-18(17)24-20/h3-10,25H,2,11,13H2,1H3,(H,23,24)/b19-16-. The first-order valence-corrected chi connectivity index (χ1v) is 8.79. The summed E-state index contributed by atoms with van der Waals surface area (Å²) in [4.78, 5) is 19.4. The Hall–Kier alpha value is -3.79. The number of benzene rings is 2. The van der Waals surface area contributed by atoms with Crippen LogP contribution in [0.15, 0.2) is 54.3 Å². The van der Waals surface area contributed by atoms with Gasteiger partial charge in [-0.15, -0.1) is 0 Å². The number of nitrogens with zero attached hydrogens (tertiary/aromatic N) is 2. The second-order valence-electron chi connectivity index (χ2n) is 5.99. The number of para-hydroxylation sites is 2. The van der Waals surface area contributed by atoms with Gasteiger partial charge in [-0.1, -0.05) is 19.1 Å². The van der Waals surface area contributed by atoms with Crippen LogP contribution < -0.4 is 4.74 Å². The number of ether oxygens (including phenoxy) is 2. The average Bonchev–Trinajstić information content (AvgIpc) is 3.15. The van der Waals surface area contributed by atoms with Gasteiger partial charge in [-0.05, 0) is 42.8 Å². The number of aliphatic hydroxyl groups excluding tert-OH is 1. The second kappa shape index (κ2) is 8.73. The van der Waals surface area contributed by atoms with Crippen molar-refractivity contribution in [2.75, 3.05) is 13.2 Å². The molecule has 0 aliphatic rings. The molecule has 1 aromatic heterocycles. The third kappa shape index (κ3) is 4.30. The number of esters is 1. The van der Waals surface area contributed by atoms with Crippen molar-refractivity contribution in [1.29, 1.82) is 5.26 Å². The van der Waals surface area contributed by atoms with E-state index in [4.69, 9.17) is 9.47 Å². The normalized spacial score (nSPS) is 11.6. The number of aliphatic hydroxyl groups is 1. The zero-order valence-corrected chi connectivity index (χ0v) is 15.3. The van der Waals surface area contributed by atoms with Crippen LogP contribution in [0.3, 0.4) is 0 Å². The number of allylic oxidation sites excluding steroid dienone is 1. The summed E-state index contributed by atoms with van der Waals surface area (Å²) in [5.74, 6) is -0.110. The number of nitrogens with one attached hydrogen (secondary N) is 1. The third-order valence-electron chi connectivity index (χ3n) is 3.93. The molecule has 0 bridgehead atoms. The van der Waals surface area contributed by atoms with Gasteiger partial charge in [0.05, 0.1) is 23.2 Å². The monoisotopic (exact) mass is 377 g/mol. The molecule has 0 radical (unpaired) electrons. The van der Waals surface area contributed by atoms with Gasteiger partial charge in [0, 0.05) is 0 Å². The largest absolute Gasteiger partial charge is 0.507 e. The summed E-state index contributed by atoms with van der Waals surface area (Å²) in [5.41, 5.74) is 1.65. The predicted octanol–water partition coefficient (Wildman–Crippen LogP) is 4.00. The lowest BCUT2D eigenvalue weighted by molar-refractivity contribution is 0.0502. The van der Waals surface area contributed by atoms with E-state index in [2.05, 4.69) is 9.97 Å². The summed E-state index contributed by atoms with van der Waals surface area (Å²) in [6, 6.07) is 15.7. The van der Waals surface area contributed by atoms with Crippen molar-refractivity contribution in [2.45, 2.75) is 13.3 Å². The van der Waals surface area contributed by atoms with Crippen LogP contribution in [0.4, 0.5) is 0 Å². The summed E-state index contributed by atoms with van der Waals surface area (Å²) in [6.07, 6.45) is 0.891. The lowest BCUT2D eigenvalue weighted by Crippen LogP contribution is -2.09. The van der Waals surface area contributed by atoms with E-state index >= 15 is 0 Å². The highest BCUT2D eigenvalue weighted by atomic mass is 16.5. The highest BCUT2D eigenvalue weighted by Gasteiger charge is 2.15. The highest BCUT2D eigenvalue weighted by Crippen LogP contribution is 2.19. The first kappa shape index (κ1) is 19.0. The zero-order valence-electron chi connectivity index (χ0n) is 15.3. The lowest BCUT2D eigenvalue weighted by atomic mass is 10.2. The minimum Gasteiger partial charge on any atom is -0.507 e. The minimum absolute atomic E-state index is 0.0766. The number of nitriles is 1. The summed E-state index contributed by atoms with van der Waals surface area (Å²) >= 11 is 0. The van der Waals surface area contributed by atoms with Crippen molar-refractivity contribution in [3.8, 4) is 11.8 Å². The Labute approximate surface area is 161 Å². The highest BCUT2D eigenvalue weighted by molar-refractivity contribution is 5.90. The predicted molar refractivity (Wildman–Crippen MR) is 104 cm³/mol. The van der Waals surface area contributed by atoms with Gasteiger partial charge in [-0.2, -0.15) is 5.26 Å². The average molecular weight is 377 g/mol. The molecule has 142 valence electrons. The van der Waals surface area contributed by atoms with Crippen molar-refractivity contribution in [3.63, 3.8) is 0 Å². The van der Waals surface area contributed by atoms with Crippen LogP contribution >= 0.6 is 0 Å². The fourth-order valence-electron chi connectivity index (χ4n) is 2.52. The SMILES string of the molecule is CCCOc1ccc(C(=O)OC/C(O)=C(\C#N)c2nc3ccccc3[nH]2)cc1. The van der Waals surface area contributed by atoms with Crippen LogP contribution in [0.1, 0.15) is 29.5 Å². The maximum Gasteiger partial charge on any atom is 0.338 e. The van der Waals surface area contributed by atoms with Gasteiger partial charge >= 0.3 is 5.97 Å². The number of hydrogen-bond donors (Lipinski definition) is 2. The number of H-pyrrole nitrogens is 1. The molecular weight excluding hydrogens is 358 g/mol. The molecule has 0 amide bonds. The Morgan fingerprint density at radius 2 is 1.96 bits per heavy atom. The first-order chi connectivity index (χ1) is 13.6. The van der Waals surface area contributed by atoms with E-state index in [1.54, 1.807) is 30.3 Å². The Morgan fingerprint density at radius 3 is 2.64 bits per heavy atom. The van der Waals surface area contributed by atoms with E-state index in [0.717, 1.165) is 11.9 Å². The number of hydrogen-bond acceptors (Lipinski definition) is 6. The number of carbonyl (C=O) groups excluding carboxylic acids is 1. The molecule has 3 aromatic rings. The van der Waals surface area contributed by atoms with Crippen LogP contribution in [0, 0.1) is 11.3 Å². The molecule has 0 atom stereocenters. The number of imidazole rings is 1. The Kier molecular flexibility index (Phi) is 5.92. The van der Waals surface area contributed by atoms with E-state index in [1.165, 1.54) is 0 Å². The van der Waals surface area contributed by atoms with Crippen LogP contribution in [0.25, 0.3) is 16.6 Å². The fraction of sp³-hybridized carbons (Fsp3) is 0.190. The van der Waals surface area contributed by atoms with E-state index in [1.807, 2.05) is 31.2 Å². The molecule has 28 heavy (non-hydrogen) atoms. The molecular formula is C21H19N3O4. The van der Waals surface area contributed by atoms with Gasteiger partial charge < -0.3 is 19.6 Å². The first-order valence-electron chi connectivity index (χ1n) is 8.79. The molecule has 0 aliphatic heterocycles. The zero-order chi connectivity index (χ0) is 19.9. The summed E-state index contributed by atoms with van der Waals surface area (Å²) in [6.45, 7) is 2.17. The van der Waals surface area contributed by atoms with Gasteiger partial charge in [-0.25, -0.2) is 9.78 Å². The number of rotatable bonds is 7. The Balaban J connectivity index is 1.69. The smallest absolute Gasteiger partial charge is 0.338 e. The molecule has 0 saturated heterocycles. The quantitative estimate of drug-likeness (QED) is 0.366. The number of aromatic amines is 1. The topological polar surface area (TPSA) is 108 Å². The van der Waals surface area contributed by atoms with Crippen molar-refractivity contribution in [2.24, 2.45) is 0 Å². The van der Waals surface area contributed by atoms with E-state index in [9.17, 15) is 15.2 Å². The molecule has 7 nitrogen and oxygen atoms in total. The van der Waals surface area contributed by atoms with Crippen molar-refractivity contribution < 1.29 is 19.4 Å². The second-order valence-corrected chi connectivity index (χ2v) is 5.99. The molecule has 0 aliphatic carbocycles. The van der Waals surface area contributed by atoms with Gasteiger partial charge in [0.15, 0.2) is 11.6 Å². The molecule has 2 N–H and O–H groups in total. The van der Waals surface area contributed by atoms with Crippen LogP contribution in [-0.4, -0.2) is 34.3 Å². The van der Waals surface area contributed by atoms with Gasteiger partial charge in [0.1, 0.15) is 24.0 Å². The Morgan fingerprint density at radius 1 is 1.21 bits per heavy atom. The van der Waals surface area contributed by atoms with Crippen LogP contribution in [0.5, 0.6) is 5.75 Å². The molecule has 0 spiro atoms. The minimum atomic E-state index is -0.615. The Bertz CT molecular complexity index is 1010. The molecule has 1 heterocycles. The summed E-state index contributed by atoms with van der Waals surface area (Å²) in [5, 5.41) is 19.6. The number of fused-ring (bicyclic) bond motifs is 1. The van der Waals surface area contributed by atoms with E-state index in [0.29, 0.717) is 23.4 Å². The van der Waals surface area contributed by atoms with Gasteiger partial charge in [0.25, 0.3) is 0 Å². The molecule has 3 rings (SSSR count). The van der Waals surface area contributed by atoms with Crippen molar-refractivity contribution in [1.82, 2.24) is 9.97 Å². The van der Waals surface area contributed by atoms with Crippen LogP contribution in [-0.2, 0) is 4.74 Å². The fourth-order valence-corrected chi connectivity index (χ4v) is 2.52. The molecule has 0 fully saturated rings. The van der Waals surface area contributed by atoms with E-state index in [-0.39, 0.29) is 17.2 Å². The van der Waals surface area contributed by atoms with Crippen molar-refractivity contribution in [3.05, 3.63) is 65.7 Å². The maximum absolute atomic E-state index is 12.2.